The minimum atomic E-state index is 0.0798. The van der Waals surface area contributed by atoms with Crippen molar-refractivity contribution in [3.63, 3.8) is 0 Å². The number of anilines is 1. The summed E-state index contributed by atoms with van der Waals surface area (Å²) < 4.78 is 2.01. The predicted octanol–water partition coefficient (Wildman–Crippen LogP) is 2.72. The van der Waals surface area contributed by atoms with Crippen LogP contribution in [0.15, 0.2) is 12.4 Å². The molecule has 106 valence electrons. The maximum atomic E-state index is 12.0. The second-order valence-electron chi connectivity index (χ2n) is 5.12. The van der Waals surface area contributed by atoms with Crippen LogP contribution >= 0.6 is 23.5 Å². The molecule has 0 aromatic carbocycles. The summed E-state index contributed by atoms with van der Waals surface area (Å²) in [5.74, 6) is 4.74. The van der Waals surface area contributed by atoms with Gasteiger partial charge in [0, 0.05) is 47.9 Å². The van der Waals surface area contributed by atoms with Gasteiger partial charge in [0.05, 0.1) is 0 Å². The van der Waals surface area contributed by atoms with E-state index in [1.54, 1.807) is 6.20 Å². The maximum absolute atomic E-state index is 12.0. The van der Waals surface area contributed by atoms with Crippen molar-refractivity contribution in [3.05, 3.63) is 12.4 Å². The van der Waals surface area contributed by atoms with Gasteiger partial charge in [0.2, 0.25) is 11.9 Å². The summed E-state index contributed by atoms with van der Waals surface area (Å²) in [5.41, 5.74) is 0. The van der Waals surface area contributed by atoms with Gasteiger partial charge >= 0.3 is 0 Å². The molecule has 2 rings (SSSR count). The van der Waals surface area contributed by atoms with Gasteiger partial charge in [0.1, 0.15) is 0 Å². The lowest BCUT2D eigenvalue weighted by atomic mass is 10.2. The zero-order valence-corrected chi connectivity index (χ0v) is 13.1. The molecular weight excluding hydrogens is 278 g/mol. The van der Waals surface area contributed by atoms with Gasteiger partial charge in [-0.25, -0.2) is 4.98 Å². The average Bonchev–Trinajstić information content (AvgIpc) is 2.77. The van der Waals surface area contributed by atoms with Crippen LogP contribution in [0.4, 0.5) is 5.95 Å². The Morgan fingerprint density at radius 2 is 2.42 bits per heavy atom. The van der Waals surface area contributed by atoms with E-state index in [4.69, 9.17) is 0 Å². The first kappa shape index (κ1) is 14.8. The Hall–Kier alpha value is -0.620. The maximum Gasteiger partial charge on any atom is 0.227 e. The van der Waals surface area contributed by atoms with E-state index < -0.39 is 0 Å². The summed E-state index contributed by atoms with van der Waals surface area (Å²) in [6.45, 7) is 5.19. The molecule has 4 nitrogen and oxygen atoms in total. The van der Waals surface area contributed by atoms with E-state index in [9.17, 15) is 4.79 Å². The van der Waals surface area contributed by atoms with Gasteiger partial charge in [0.25, 0.3) is 0 Å². The topological polar surface area (TPSA) is 46.9 Å². The molecule has 0 aliphatic carbocycles. The Balaban J connectivity index is 1.86. The Labute approximate surface area is 123 Å². The fourth-order valence-corrected chi connectivity index (χ4v) is 4.69. The number of nitrogens with one attached hydrogen (secondary N) is 1. The highest BCUT2D eigenvalue weighted by atomic mass is 32.2. The van der Waals surface area contributed by atoms with E-state index in [1.807, 2.05) is 34.3 Å². The van der Waals surface area contributed by atoms with Crippen molar-refractivity contribution >= 4 is 35.4 Å². The molecule has 6 heteroatoms. The van der Waals surface area contributed by atoms with Crippen LogP contribution < -0.4 is 5.32 Å². The SMILES string of the molecule is CC(C)Cn1ccnc1NC(=O)CC1CSCCS1. The minimum absolute atomic E-state index is 0.0798. The van der Waals surface area contributed by atoms with Crippen molar-refractivity contribution in [3.8, 4) is 0 Å². The first-order valence-electron chi connectivity index (χ1n) is 6.65. The number of thioether (sulfide) groups is 2. The molecule has 1 fully saturated rings. The third-order valence-electron chi connectivity index (χ3n) is 2.83. The van der Waals surface area contributed by atoms with E-state index in [-0.39, 0.29) is 5.91 Å². The van der Waals surface area contributed by atoms with E-state index >= 15 is 0 Å². The molecule has 1 amide bonds. The second kappa shape index (κ2) is 7.24. The van der Waals surface area contributed by atoms with Crippen molar-refractivity contribution in [2.24, 2.45) is 5.92 Å². The van der Waals surface area contributed by atoms with Gasteiger partial charge in [0.15, 0.2) is 0 Å². The number of imidazole rings is 1. The summed E-state index contributed by atoms with van der Waals surface area (Å²) in [6, 6.07) is 0. The molecule has 2 heterocycles. The van der Waals surface area contributed by atoms with E-state index in [1.165, 1.54) is 5.75 Å². The first-order valence-corrected chi connectivity index (χ1v) is 8.86. The molecule has 19 heavy (non-hydrogen) atoms. The molecule has 1 aliphatic heterocycles. The minimum Gasteiger partial charge on any atom is -0.317 e. The number of amides is 1. The van der Waals surface area contributed by atoms with Gasteiger partial charge in [-0.3, -0.25) is 10.1 Å². The summed E-state index contributed by atoms with van der Waals surface area (Å²) in [7, 11) is 0. The second-order valence-corrected chi connectivity index (χ2v) is 7.68. The molecule has 1 atom stereocenters. The van der Waals surface area contributed by atoms with E-state index in [0.29, 0.717) is 23.5 Å². The van der Waals surface area contributed by atoms with Crippen LogP contribution in [0.2, 0.25) is 0 Å². The Bertz CT molecular complexity index is 414. The number of aromatic nitrogens is 2. The lowest BCUT2D eigenvalue weighted by Crippen LogP contribution is -2.24. The summed E-state index contributed by atoms with van der Waals surface area (Å²) >= 11 is 3.85. The number of hydrogen-bond acceptors (Lipinski definition) is 4. The van der Waals surface area contributed by atoms with Crippen molar-refractivity contribution in [2.75, 3.05) is 22.6 Å². The Morgan fingerprint density at radius 3 is 3.11 bits per heavy atom. The Morgan fingerprint density at radius 1 is 1.58 bits per heavy atom. The highest BCUT2D eigenvalue weighted by Gasteiger charge is 2.18. The summed E-state index contributed by atoms with van der Waals surface area (Å²) in [5, 5.41) is 3.38. The molecule has 0 saturated carbocycles. The predicted molar refractivity (Wildman–Crippen MR) is 83.9 cm³/mol. The number of carbonyl (C=O) groups is 1. The van der Waals surface area contributed by atoms with Crippen molar-refractivity contribution in [1.82, 2.24) is 9.55 Å². The smallest absolute Gasteiger partial charge is 0.227 e. The summed E-state index contributed by atoms with van der Waals surface area (Å²) in [4.78, 5) is 16.3. The third kappa shape index (κ3) is 4.76. The van der Waals surface area contributed by atoms with Crippen molar-refractivity contribution in [2.45, 2.75) is 32.1 Å². The monoisotopic (exact) mass is 299 g/mol. The molecule has 0 spiro atoms. The number of carbonyl (C=O) groups excluding carboxylic acids is 1. The zero-order valence-electron chi connectivity index (χ0n) is 11.5. The van der Waals surface area contributed by atoms with Crippen LogP contribution in [-0.4, -0.2) is 38.0 Å². The number of rotatable bonds is 5. The van der Waals surface area contributed by atoms with Gasteiger partial charge in [-0.2, -0.15) is 23.5 Å². The van der Waals surface area contributed by atoms with Crippen molar-refractivity contribution in [1.29, 1.82) is 0 Å². The quantitative estimate of drug-likeness (QED) is 0.908. The van der Waals surface area contributed by atoms with Gasteiger partial charge < -0.3 is 4.57 Å². The third-order valence-corrected chi connectivity index (χ3v) is 5.67. The van der Waals surface area contributed by atoms with E-state index in [0.717, 1.165) is 18.1 Å². The fourth-order valence-electron chi connectivity index (χ4n) is 2.01. The standard InChI is InChI=1S/C13H21N3OS2/c1-10(2)8-16-4-3-14-13(16)15-12(17)7-11-9-18-5-6-19-11/h3-4,10-11H,5-9H2,1-2H3,(H,14,15,17). The van der Waals surface area contributed by atoms with Crippen LogP contribution in [0.1, 0.15) is 20.3 Å². The molecule has 0 radical (unpaired) electrons. The molecule has 0 bridgehead atoms. The molecule has 1 aliphatic rings. The molecule has 1 N–H and O–H groups in total. The molecule has 1 aromatic heterocycles. The normalized spacial score (nSPS) is 19.6. The molecular formula is C13H21N3OS2. The van der Waals surface area contributed by atoms with Crippen molar-refractivity contribution < 1.29 is 4.79 Å². The van der Waals surface area contributed by atoms with Gasteiger partial charge in [-0.15, -0.1) is 0 Å². The van der Waals surface area contributed by atoms with Crippen LogP contribution in [-0.2, 0) is 11.3 Å². The molecule has 1 saturated heterocycles. The van der Waals surface area contributed by atoms with Crippen LogP contribution in [0, 0.1) is 5.92 Å². The Kier molecular flexibility index (Phi) is 5.63. The average molecular weight is 299 g/mol. The largest absolute Gasteiger partial charge is 0.317 e. The molecule has 1 aromatic rings. The van der Waals surface area contributed by atoms with Crippen LogP contribution in [0.25, 0.3) is 0 Å². The van der Waals surface area contributed by atoms with Gasteiger partial charge in [-0.05, 0) is 5.92 Å². The zero-order chi connectivity index (χ0) is 13.7. The lowest BCUT2D eigenvalue weighted by molar-refractivity contribution is -0.116. The number of nitrogens with zero attached hydrogens (tertiary/aromatic N) is 2. The highest BCUT2D eigenvalue weighted by molar-refractivity contribution is 8.06. The summed E-state index contributed by atoms with van der Waals surface area (Å²) in [6.07, 6.45) is 4.25. The van der Waals surface area contributed by atoms with E-state index in [2.05, 4.69) is 24.1 Å². The lowest BCUT2D eigenvalue weighted by Gasteiger charge is -2.20. The fraction of sp³-hybridized carbons (Fsp3) is 0.692. The first-order chi connectivity index (χ1) is 9.15. The van der Waals surface area contributed by atoms with Gasteiger partial charge in [-0.1, -0.05) is 13.8 Å². The van der Waals surface area contributed by atoms with Crippen LogP contribution in [0.5, 0.6) is 0 Å². The highest BCUT2D eigenvalue weighted by Crippen LogP contribution is 2.26. The van der Waals surface area contributed by atoms with Crippen LogP contribution in [0.3, 0.4) is 0 Å². The molecule has 1 unspecified atom stereocenters. The number of hydrogen-bond donors (Lipinski definition) is 1.